The van der Waals surface area contributed by atoms with Crippen molar-refractivity contribution >= 4 is 14.9 Å². The summed E-state index contributed by atoms with van der Waals surface area (Å²) in [4.78, 5) is 9.53. The van der Waals surface area contributed by atoms with Crippen LogP contribution in [0.4, 0.5) is 0 Å². The molecule has 0 heterocycles. The Morgan fingerprint density at radius 3 is 1.50 bits per heavy atom. The van der Waals surface area contributed by atoms with Crippen LogP contribution >= 0.6 is 14.9 Å². The SMILES string of the molecule is COP(=O)(OC)[PH](O)(OC)OC. The number of hydrogen-bond acceptors (Lipinski definition) is 6. The average molecular weight is 220 g/mol. The summed E-state index contributed by atoms with van der Waals surface area (Å²) in [6.07, 6.45) is 0. The van der Waals surface area contributed by atoms with E-state index in [0.29, 0.717) is 0 Å². The summed E-state index contributed by atoms with van der Waals surface area (Å²) in [5.41, 5.74) is 0. The molecule has 0 saturated carbocycles. The molecule has 0 aromatic heterocycles. The van der Waals surface area contributed by atoms with E-state index in [-0.39, 0.29) is 0 Å². The quantitative estimate of drug-likeness (QED) is 0.701. The third-order valence-electron chi connectivity index (χ3n) is 1.36. The van der Waals surface area contributed by atoms with Crippen LogP contribution in [0.5, 0.6) is 0 Å². The fourth-order valence-electron chi connectivity index (χ4n) is 0.612. The van der Waals surface area contributed by atoms with Crippen LogP contribution < -0.4 is 0 Å². The van der Waals surface area contributed by atoms with E-state index in [9.17, 15) is 9.46 Å². The molecule has 12 heavy (non-hydrogen) atoms. The fourth-order valence-corrected chi connectivity index (χ4v) is 4.56. The van der Waals surface area contributed by atoms with E-state index in [1.54, 1.807) is 0 Å². The van der Waals surface area contributed by atoms with Gasteiger partial charge in [-0.05, 0) is 0 Å². The van der Waals surface area contributed by atoms with Crippen LogP contribution in [0.3, 0.4) is 0 Å². The van der Waals surface area contributed by atoms with E-state index in [1.807, 2.05) is 0 Å². The Bertz CT molecular complexity index is 170. The first-order chi connectivity index (χ1) is 5.49. The standard InChI is InChI=1S/C4H14O6P2/c1-7-11(5,8-2)12(6,9-3)10-4/h5,11H,1-4H3. The summed E-state index contributed by atoms with van der Waals surface area (Å²) in [7, 11) is -2.82. The van der Waals surface area contributed by atoms with Gasteiger partial charge in [-0.25, -0.2) is 0 Å². The average Bonchev–Trinajstić information content (AvgIpc) is 2.15. The van der Waals surface area contributed by atoms with E-state index >= 15 is 0 Å². The minimum absolute atomic E-state index is 1.15. The van der Waals surface area contributed by atoms with Gasteiger partial charge in [-0.15, -0.1) is 0 Å². The van der Waals surface area contributed by atoms with Crippen LogP contribution in [0.15, 0.2) is 0 Å². The Hall–Kier alpha value is 0.460. The molecule has 0 aromatic rings. The second kappa shape index (κ2) is 4.63. The van der Waals surface area contributed by atoms with Crippen molar-refractivity contribution in [3.8, 4) is 0 Å². The molecular weight excluding hydrogens is 206 g/mol. The van der Waals surface area contributed by atoms with Gasteiger partial charge in [-0.1, -0.05) is 0 Å². The molecule has 0 bridgehead atoms. The second-order valence-corrected chi connectivity index (χ2v) is 8.80. The van der Waals surface area contributed by atoms with Gasteiger partial charge >= 0.3 is 70.9 Å². The Morgan fingerprint density at radius 2 is 1.42 bits per heavy atom. The molecule has 0 rings (SSSR count). The predicted octanol–water partition coefficient (Wildman–Crippen LogP) is 1.17. The number of hydrogen-bond donors (Lipinski definition) is 1. The van der Waals surface area contributed by atoms with Crippen molar-refractivity contribution in [2.75, 3.05) is 28.4 Å². The topological polar surface area (TPSA) is 74.2 Å². The zero-order chi connectivity index (χ0) is 9.83. The van der Waals surface area contributed by atoms with E-state index in [1.165, 1.54) is 14.2 Å². The molecule has 0 amide bonds. The van der Waals surface area contributed by atoms with Crippen LogP contribution in [0, 0.1) is 0 Å². The van der Waals surface area contributed by atoms with Crippen molar-refractivity contribution in [1.29, 1.82) is 0 Å². The molecule has 0 aliphatic heterocycles. The summed E-state index contributed by atoms with van der Waals surface area (Å²) in [5, 5.41) is 0. The summed E-state index contributed by atoms with van der Waals surface area (Å²) in [6.45, 7) is 0. The van der Waals surface area contributed by atoms with Crippen molar-refractivity contribution < 1.29 is 27.6 Å². The fraction of sp³-hybridized carbons (Fsp3) is 1.00. The zero-order valence-electron chi connectivity index (χ0n) is 7.44. The first kappa shape index (κ1) is 12.5. The molecule has 0 radical (unpaired) electrons. The molecule has 0 unspecified atom stereocenters. The maximum atomic E-state index is 11.6. The molecule has 0 aliphatic carbocycles. The summed E-state index contributed by atoms with van der Waals surface area (Å²) < 4.78 is 29.8. The first-order valence-electron chi connectivity index (χ1n) is 3.04. The van der Waals surface area contributed by atoms with E-state index in [4.69, 9.17) is 0 Å². The molecule has 1 N–H and O–H groups in total. The molecular formula is C4H14O6P2. The van der Waals surface area contributed by atoms with Gasteiger partial charge in [0.15, 0.2) is 0 Å². The molecule has 0 aliphatic rings. The Kier molecular flexibility index (Phi) is 4.81. The monoisotopic (exact) mass is 220 g/mol. The van der Waals surface area contributed by atoms with Gasteiger partial charge in [0.2, 0.25) is 0 Å². The Morgan fingerprint density at radius 1 is 1.08 bits per heavy atom. The van der Waals surface area contributed by atoms with E-state index in [0.717, 1.165) is 14.2 Å². The summed E-state index contributed by atoms with van der Waals surface area (Å²) in [6, 6.07) is 0. The van der Waals surface area contributed by atoms with Crippen LogP contribution in [-0.2, 0) is 22.7 Å². The van der Waals surface area contributed by atoms with E-state index in [2.05, 4.69) is 18.1 Å². The van der Waals surface area contributed by atoms with Crippen molar-refractivity contribution in [2.45, 2.75) is 0 Å². The first-order valence-corrected chi connectivity index (χ1v) is 7.18. The normalized spacial score (nSPS) is 14.8. The van der Waals surface area contributed by atoms with Gasteiger partial charge in [0.25, 0.3) is 0 Å². The second-order valence-electron chi connectivity index (χ2n) is 1.82. The van der Waals surface area contributed by atoms with Crippen LogP contribution in [0.25, 0.3) is 0 Å². The Balaban J connectivity index is 4.80. The van der Waals surface area contributed by atoms with Crippen LogP contribution in [0.2, 0.25) is 0 Å². The molecule has 6 nitrogen and oxygen atoms in total. The van der Waals surface area contributed by atoms with Gasteiger partial charge in [-0.3, -0.25) is 0 Å². The van der Waals surface area contributed by atoms with Gasteiger partial charge in [0, 0.05) is 0 Å². The van der Waals surface area contributed by atoms with Gasteiger partial charge in [0.1, 0.15) is 0 Å². The zero-order valence-corrected chi connectivity index (χ0v) is 9.33. The van der Waals surface area contributed by atoms with E-state index < -0.39 is 14.9 Å². The third-order valence-corrected chi connectivity index (χ3v) is 8.34. The Labute approximate surface area is 71.8 Å². The minimum atomic E-state index is -3.84. The summed E-state index contributed by atoms with van der Waals surface area (Å²) >= 11 is 0. The molecule has 76 valence electrons. The van der Waals surface area contributed by atoms with Gasteiger partial charge < -0.3 is 0 Å². The van der Waals surface area contributed by atoms with Crippen molar-refractivity contribution in [3.63, 3.8) is 0 Å². The third kappa shape index (κ3) is 2.03. The molecule has 0 atom stereocenters. The molecule has 0 aromatic carbocycles. The molecule has 0 spiro atoms. The van der Waals surface area contributed by atoms with Crippen LogP contribution in [0.1, 0.15) is 0 Å². The maximum absolute atomic E-state index is 11.6. The van der Waals surface area contributed by atoms with Crippen LogP contribution in [-0.4, -0.2) is 33.3 Å². The molecule has 0 saturated heterocycles. The molecule has 0 fully saturated rings. The van der Waals surface area contributed by atoms with Gasteiger partial charge in [0.05, 0.1) is 0 Å². The van der Waals surface area contributed by atoms with Crippen molar-refractivity contribution in [2.24, 2.45) is 0 Å². The molecule has 8 heteroatoms. The van der Waals surface area contributed by atoms with Crippen molar-refractivity contribution in [1.82, 2.24) is 0 Å². The van der Waals surface area contributed by atoms with Gasteiger partial charge in [-0.2, -0.15) is 0 Å². The van der Waals surface area contributed by atoms with Crippen molar-refractivity contribution in [3.05, 3.63) is 0 Å². The predicted molar refractivity (Wildman–Crippen MR) is 46.2 cm³/mol. The number of rotatable bonds is 5. The summed E-state index contributed by atoms with van der Waals surface area (Å²) in [5.74, 6) is 0.